The fourth-order valence-electron chi connectivity index (χ4n) is 3.07. The third-order valence-corrected chi connectivity index (χ3v) is 4.12. The number of fused-ring (bicyclic) bond motifs is 1. The smallest absolute Gasteiger partial charge is 0.322 e. The molecule has 22 heavy (non-hydrogen) atoms. The number of urea groups is 1. The number of rotatable bonds is 2. The standard InChI is InChI=1S/C15H16N4O3/c20-14-13(16-15(21)17-14)12-9-5-1-2-6-10(9)19(18-12)11-7-3-4-8-22-11/h1-2,5-6,11,13H,3-4,7-8H2,(H2,16,17,20,21). The molecule has 0 radical (unpaired) electrons. The highest BCUT2D eigenvalue weighted by atomic mass is 16.5. The lowest BCUT2D eigenvalue weighted by Crippen LogP contribution is -2.22. The molecule has 2 N–H and O–H groups in total. The van der Waals surface area contributed by atoms with E-state index in [1.54, 1.807) is 0 Å². The molecule has 2 aromatic rings. The number of ether oxygens (including phenoxy) is 1. The normalized spacial score (nSPS) is 25.3. The summed E-state index contributed by atoms with van der Waals surface area (Å²) in [6, 6.07) is 6.46. The van der Waals surface area contributed by atoms with E-state index in [-0.39, 0.29) is 12.1 Å². The van der Waals surface area contributed by atoms with Crippen LogP contribution >= 0.6 is 0 Å². The molecule has 2 fully saturated rings. The third-order valence-electron chi connectivity index (χ3n) is 4.12. The molecule has 0 bridgehead atoms. The number of aromatic nitrogens is 2. The second kappa shape index (κ2) is 5.10. The summed E-state index contributed by atoms with van der Waals surface area (Å²) in [7, 11) is 0. The maximum absolute atomic E-state index is 11.9. The van der Waals surface area contributed by atoms with Gasteiger partial charge in [0, 0.05) is 12.0 Å². The van der Waals surface area contributed by atoms with Crippen LogP contribution in [0.25, 0.3) is 10.9 Å². The number of para-hydroxylation sites is 1. The number of hydrogen-bond acceptors (Lipinski definition) is 4. The quantitative estimate of drug-likeness (QED) is 0.825. The maximum Gasteiger partial charge on any atom is 0.322 e. The molecular formula is C15H16N4O3. The molecule has 7 heteroatoms. The van der Waals surface area contributed by atoms with Crippen molar-refractivity contribution in [2.24, 2.45) is 0 Å². The average molecular weight is 300 g/mol. The highest BCUT2D eigenvalue weighted by molar-refractivity contribution is 6.06. The minimum absolute atomic E-state index is 0.118. The van der Waals surface area contributed by atoms with Crippen LogP contribution in [0.5, 0.6) is 0 Å². The Labute approximate surface area is 126 Å². The predicted molar refractivity (Wildman–Crippen MR) is 78.0 cm³/mol. The summed E-state index contributed by atoms with van der Waals surface area (Å²) in [6.07, 6.45) is 2.93. The van der Waals surface area contributed by atoms with E-state index in [4.69, 9.17) is 4.74 Å². The zero-order valence-corrected chi connectivity index (χ0v) is 11.9. The second-order valence-electron chi connectivity index (χ2n) is 5.56. The highest BCUT2D eigenvalue weighted by Crippen LogP contribution is 2.31. The lowest BCUT2D eigenvalue weighted by atomic mass is 10.1. The minimum atomic E-state index is -0.748. The SMILES string of the molecule is O=C1NC(=O)C(c2nn(C3CCCCO3)c3ccccc23)N1. The first-order valence-electron chi connectivity index (χ1n) is 7.44. The van der Waals surface area contributed by atoms with Gasteiger partial charge in [0.1, 0.15) is 5.69 Å². The van der Waals surface area contributed by atoms with E-state index in [0.29, 0.717) is 5.69 Å². The summed E-state index contributed by atoms with van der Waals surface area (Å²) in [5, 5.41) is 10.3. The summed E-state index contributed by atoms with van der Waals surface area (Å²) in [6.45, 7) is 0.717. The zero-order chi connectivity index (χ0) is 15.1. The Morgan fingerprint density at radius 1 is 1.23 bits per heavy atom. The van der Waals surface area contributed by atoms with Crippen molar-refractivity contribution in [3.63, 3.8) is 0 Å². The van der Waals surface area contributed by atoms with E-state index >= 15 is 0 Å². The van der Waals surface area contributed by atoms with Crippen molar-refractivity contribution in [1.29, 1.82) is 0 Å². The number of imide groups is 1. The lowest BCUT2D eigenvalue weighted by Gasteiger charge is -2.23. The zero-order valence-electron chi connectivity index (χ0n) is 11.9. The molecule has 2 aliphatic heterocycles. The summed E-state index contributed by atoms with van der Waals surface area (Å²) in [5.74, 6) is -0.370. The van der Waals surface area contributed by atoms with E-state index in [2.05, 4.69) is 15.7 Å². The molecule has 2 aliphatic rings. The van der Waals surface area contributed by atoms with Gasteiger partial charge in [0.2, 0.25) is 0 Å². The van der Waals surface area contributed by atoms with Gasteiger partial charge < -0.3 is 10.1 Å². The van der Waals surface area contributed by atoms with Gasteiger partial charge in [0.15, 0.2) is 12.3 Å². The molecule has 7 nitrogen and oxygen atoms in total. The van der Waals surface area contributed by atoms with Crippen molar-refractivity contribution in [2.45, 2.75) is 31.5 Å². The fraction of sp³-hybridized carbons (Fsp3) is 0.400. The number of hydrogen-bond donors (Lipinski definition) is 2. The van der Waals surface area contributed by atoms with Crippen LogP contribution in [-0.2, 0) is 9.53 Å². The lowest BCUT2D eigenvalue weighted by molar-refractivity contribution is -0.120. The molecule has 0 aliphatic carbocycles. The van der Waals surface area contributed by atoms with Crippen molar-refractivity contribution >= 4 is 22.8 Å². The van der Waals surface area contributed by atoms with E-state index in [1.807, 2.05) is 28.9 Å². The van der Waals surface area contributed by atoms with Crippen LogP contribution in [0.3, 0.4) is 0 Å². The Balaban J connectivity index is 1.82. The number of carbonyl (C=O) groups excluding carboxylic acids is 2. The van der Waals surface area contributed by atoms with Crippen molar-refractivity contribution < 1.29 is 14.3 Å². The molecule has 1 aromatic carbocycles. The van der Waals surface area contributed by atoms with Crippen molar-refractivity contribution in [2.75, 3.05) is 6.61 Å². The molecule has 0 saturated carbocycles. The maximum atomic E-state index is 11.9. The molecule has 0 spiro atoms. The largest absolute Gasteiger partial charge is 0.356 e. The van der Waals surface area contributed by atoms with Gasteiger partial charge in [-0.2, -0.15) is 5.10 Å². The topological polar surface area (TPSA) is 85.2 Å². The molecule has 3 heterocycles. The number of benzene rings is 1. The van der Waals surface area contributed by atoms with Gasteiger partial charge in [0.05, 0.1) is 5.52 Å². The molecular weight excluding hydrogens is 284 g/mol. The highest BCUT2D eigenvalue weighted by Gasteiger charge is 2.35. The van der Waals surface area contributed by atoms with Crippen LogP contribution in [0.2, 0.25) is 0 Å². The van der Waals surface area contributed by atoms with Crippen molar-refractivity contribution in [3.05, 3.63) is 30.0 Å². The van der Waals surface area contributed by atoms with Gasteiger partial charge in [-0.25, -0.2) is 9.48 Å². The Morgan fingerprint density at radius 2 is 2.09 bits per heavy atom. The van der Waals surface area contributed by atoms with Crippen molar-refractivity contribution in [1.82, 2.24) is 20.4 Å². The van der Waals surface area contributed by atoms with E-state index in [0.717, 1.165) is 36.8 Å². The number of nitrogens with one attached hydrogen (secondary N) is 2. The van der Waals surface area contributed by atoms with E-state index in [9.17, 15) is 9.59 Å². The van der Waals surface area contributed by atoms with Gasteiger partial charge in [-0.15, -0.1) is 0 Å². The van der Waals surface area contributed by atoms with Gasteiger partial charge in [-0.3, -0.25) is 10.1 Å². The van der Waals surface area contributed by atoms with Crippen LogP contribution in [0, 0.1) is 0 Å². The van der Waals surface area contributed by atoms with Gasteiger partial charge in [-0.05, 0) is 25.3 Å². The Bertz CT molecular complexity index is 748. The molecule has 2 saturated heterocycles. The molecule has 3 amide bonds. The molecule has 114 valence electrons. The first kappa shape index (κ1) is 13.3. The van der Waals surface area contributed by atoms with Gasteiger partial charge in [-0.1, -0.05) is 18.2 Å². The van der Waals surface area contributed by atoms with Crippen LogP contribution in [0.15, 0.2) is 24.3 Å². The van der Waals surface area contributed by atoms with Gasteiger partial charge >= 0.3 is 6.03 Å². The molecule has 2 atom stereocenters. The third kappa shape index (κ3) is 2.05. The molecule has 2 unspecified atom stereocenters. The van der Waals surface area contributed by atoms with E-state index < -0.39 is 12.1 Å². The summed E-state index contributed by atoms with van der Waals surface area (Å²) >= 11 is 0. The van der Waals surface area contributed by atoms with Gasteiger partial charge in [0.25, 0.3) is 5.91 Å². The molecule has 1 aromatic heterocycles. The van der Waals surface area contributed by atoms with Crippen LogP contribution < -0.4 is 10.6 Å². The number of amides is 3. The van der Waals surface area contributed by atoms with E-state index in [1.165, 1.54) is 0 Å². The first-order chi connectivity index (χ1) is 10.7. The predicted octanol–water partition coefficient (Wildman–Crippen LogP) is 1.62. The van der Waals surface area contributed by atoms with Crippen LogP contribution in [-0.4, -0.2) is 28.3 Å². The Morgan fingerprint density at radius 3 is 2.82 bits per heavy atom. The fourth-order valence-corrected chi connectivity index (χ4v) is 3.07. The summed E-state index contributed by atoms with van der Waals surface area (Å²) < 4.78 is 7.64. The summed E-state index contributed by atoms with van der Waals surface area (Å²) in [5.41, 5.74) is 1.48. The monoisotopic (exact) mass is 300 g/mol. The Hall–Kier alpha value is -2.41. The van der Waals surface area contributed by atoms with Crippen LogP contribution in [0.1, 0.15) is 37.2 Å². The second-order valence-corrected chi connectivity index (χ2v) is 5.56. The van der Waals surface area contributed by atoms with Crippen molar-refractivity contribution in [3.8, 4) is 0 Å². The molecule has 4 rings (SSSR count). The minimum Gasteiger partial charge on any atom is -0.356 e. The Kier molecular flexibility index (Phi) is 3.07. The van der Waals surface area contributed by atoms with Crippen LogP contribution in [0.4, 0.5) is 4.79 Å². The number of nitrogens with zero attached hydrogens (tertiary/aromatic N) is 2. The first-order valence-corrected chi connectivity index (χ1v) is 7.44. The summed E-state index contributed by atoms with van der Waals surface area (Å²) in [4.78, 5) is 23.3. The number of carbonyl (C=O) groups is 2. The average Bonchev–Trinajstić information content (AvgIpc) is 3.08.